The normalized spacial score (nSPS) is 19.9. The highest BCUT2D eigenvalue weighted by Gasteiger charge is 2.15. The van der Waals surface area contributed by atoms with Crippen LogP contribution in [0.3, 0.4) is 0 Å². The first-order chi connectivity index (χ1) is 8.33. The predicted octanol–water partition coefficient (Wildman–Crippen LogP) is 1.36. The van der Waals surface area contributed by atoms with Gasteiger partial charge in [0.2, 0.25) is 0 Å². The Hall–Kier alpha value is -1.27. The summed E-state index contributed by atoms with van der Waals surface area (Å²) in [7, 11) is 1.52. The number of azo groups is 1. The molecule has 17 heavy (non-hydrogen) atoms. The fraction of sp³-hybridized carbons (Fsp3) is 0.727. The lowest BCUT2D eigenvalue weighted by molar-refractivity contribution is 0.215. The van der Waals surface area contributed by atoms with Crippen molar-refractivity contribution in [2.75, 3.05) is 26.7 Å². The van der Waals surface area contributed by atoms with E-state index in [1.165, 1.54) is 7.11 Å². The average Bonchev–Trinajstić information content (AvgIpc) is 2.35. The van der Waals surface area contributed by atoms with Crippen LogP contribution in [0.4, 0.5) is 0 Å². The SMILES string of the molecule is CO/N=C\C=C\CCN=NC1CCN(N)CC1. The summed E-state index contributed by atoms with van der Waals surface area (Å²) in [5.74, 6) is 5.66. The molecule has 1 fully saturated rings. The maximum Gasteiger partial charge on any atom is 0.106 e. The molecule has 1 rings (SSSR count). The van der Waals surface area contributed by atoms with Crippen molar-refractivity contribution >= 4 is 6.21 Å². The lowest BCUT2D eigenvalue weighted by atomic mass is 10.1. The molecule has 0 aromatic rings. The van der Waals surface area contributed by atoms with E-state index in [9.17, 15) is 0 Å². The molecule has 1 aliphatic rings. The highest BCUT2D eigenvalue weighted by atomic mass is 16.6. The predicted molar refractivity (Wildman–Crippen MR) is 67.8 cm³/mol. The fourth-order valence-corrected chi connectivity index (χ4v) is 1.56. The van der Waals surface area contributed by atoms with Gasteiger partial charge in [-0.3, -0.25) is 5.84 Å². The molecule has 0 aromatic carbocycles. The molecule has 1 heterocycles. The highest BCUT2D eigenvalue weighted by molar-refractivity contribution is 5.70. The van der Waals surface area contributed by atoms with Crippen molar-refractivity contribution in [3.8, 4) is 0 Å². The average molecular weight is 239 g/mol. The van der Waals surface area contributed by atoms with Gasteiger partial charge >= 0.3 is 0 Å². The molecule has 0 unspecified atom stereocenters. The molecule has 0 radical (unpaired) electrons. The lowest BCUT2D eigenvalue weighted by Crippen LogP contribution is -2.39. The maximum absolute atomic E-state index is 5.66. The van der Waals surface area contributed by atoms with Crippen LogP contribution in [0.2, 0.25) is 0 Å². The molecule has 0 aliphatic carbocycles. The minimum absolute atomic E-state index is 0.355. The van der Waals surface area contributed by atoms with Crippen LogP contribution in [-0.2, 0) is 4.84 Å². The van der Waals surface area contributed by atoms with Crippen LogP contribution >= 0.6 is 0 Å². The highest BCUT2D eigenvalue weighted by Crippen LogP contribution is 2.11. The Kier molecular flexibility index (Phi) is 7.17. The van der Waals surface area contributed by atoms with Gasteiger partial charge in [-0.15, -0.1) is 0 Å². The van der Waals surface area contributed by atoms with Gasteiger partial charge in [-0.05, 0) is 25.3 Å². The van der Waals surface area contributed by atoms with Crippen molar-refractivity contribution in [3.05, 3.63) is 12.2 Å². The Balaban J connectivity index is 2.06. The van der Waals surface area contributed by atoms with E-state index in [-0.39, 0.29) is 0 Å². The Bertz CT molecular complexity index is 269. The van der Waals surface area contributed by atoms with Gasteiger partial charge in [0.1, 0.15) is 7.11 Å². The Morgan fingerprint density at radius 3 is 2.88 bits per heavy atom. The van der Waals surface area contributed by atoms with Gasteiger partial charge in [0, 0.05) is 13.1 Å². The van der Waals surface area contributed by atoms with Crippen LogP contribution in [0, 0.1) is 0 Å². The van der Waals surface area contributed by atoms with E-state index in [2.05, 4.69) is 20.2 Å². The second-order valence-corrected chi connectivity index (χ2v) is 3.90. The number of rotatable bonds is 6. The van der Waals surface area contributed by atoms with Crippen molar-refractivity contribution < 1.29 is 4.84 Å². The monoisotopic (exact) mass is 239 g/mol. The molecule has 0 bridgehead atoms. The molecule has 0 atom stereocenters. The van der Waals surface area contributed by atoms with Crippen molar-refractivity contribution in [2.45, 2.75) is 25.3 Å². The largest absolute Gasteiger partial charge is 0.399 e. The number of nitrogens with two attached hydrogens (primary N) is 1. The summed E-state index contributed by atoms with van der Waals surface area (Å²) in [6.07, 6.45) is 8.33. The van der Waals surface area contributed by atoms with Crippen molar-refractivity contribution in [1.29, 1.82) is 0 Å². The van der Waals surface area contributed by atoms with E-state index in [1.54, 1.807) is 6.21 Å². The molecule has 0 spiro atoms. The topological polar surface area (TPSA) is 75.6 Å². The lowest BCUT2D eigenvalue weighted by Gasteiger charge is -2.25. The minimum atomic E-state index is 0.355. The standard InChI is InChI=1S/C11H21N5O/c1-17-14-8-4-2-3-7-13-15-11-5-9-16(12)10-6-11/h2,4,8,11H,3,5-7,9-10,12H2,1H3/b4-2+,14-8-,15-13?. The third-order valence-electron chi connectivity index (χ3n) is 2.53. The number of hydrogen-bond donors (Lipinski definition) is 1. The van der Waals surface area contributed by atoms with E-state index in [0.29, 0.717) is 6.04 Å². The molecular formula is C11H21N5O. The third-order valence-corrected chi connectivity index (χ3v) is 2.53. The zero-order valence-corrected chi connectivity index (χ0v) is 10.3. The van der Waals surface area contributed by atoms with Crippen LogP contribution in [0.15, 0.2) is 27.5 Å². The summed E-state index contributed by atoms with van der Waals surface area (Å²) < 4.78 is 0. The van der Waals surface area contributed by atoms with Gasteiger partial charge in [0.05, 0.1) is 18.8 Å². The third kappa shape index (κ3) is 6.80. The Morgan fingerprint density at radius 1 is 1.41 bits per heavy atom. The Morgan fingerprint density at radius 2 is 2.18 bits per heavy atom. The number of piperidine rings is 1. The molecule has 6 nitrogen and oxygen atoms in total. The first-order valence-electron chi connectivity index (χ1n) is 5.91. The van der Waals surface area contributed by atoms with Gasteiger partial charge in [-0.1, -0.05) is 11.2 Å². The second-order valence-electron chi connectivity index (χ2n) is 3.90. The molecule has 1 saturated heterocycles. The first kappa shape index (κ1) is 13.8. The quantitative estimate of drug-likeness (QED) is 0.250. The summed E-state index contributed by atoms with van der Waals surface area (Å²) in [5, 5.41) is 13.9. The van der Waals surface area contributed by atoms with Gasteiger partial charge < -0.3 is 4.84 Å². The van der Waals surface area contributed by atoms with E-state index in [1.807, 2.05) is 17.2 Å². The second kappa shape index (κ2) is 8.83. The van der Waals surface area contributed by atoms with E-state index >= 15 is 0 Å². The van der Waals surface area contributed by atoms with E-state index in [0.717, 1.165) is 38.9 Å². The van der Waals surface area contributed by atoms with Gasteiger partial charge in [-0.25, -0.2) is 5.01 Å². The van der Waals surface area contributed by atoms with Gasteiger partial charge in [-0.2, -0.15) is 10.2 Å². The summed E-state index contributed by atoms with van der Waals surface area (Å²) in [5.41, 5.74) is 0. The van der Waals surface area contributed by atoms with Crippen LogP contribution in [0.5, 0.6) is 0 Å². The van der Waals surface area contributed by atoms with Crippen molar-refractivity contribution in [2.24, 2.45) is 21.2 Å². The molecular weight excluding hydrogens is 218 g/mol. The molecule has 0 aromatic heterocycles. The number of hydrogen-bond acceptors (Lipinski definition) is 6. The van der Waals surface area contributed by atoms with Crippen LogP contribution in [0.25, 0.3) is 0 Å². The molecule has 0 saturated carbocycles. The molecule has 96 valence electrons. The van der Waals surface area contributed by atoms with E-state index < -0.39 is 0 Å². The van der Waals surface area contributed by atoms with Crippen LogP contribution in [0.1, 0.15) is 19.3 Å². The number of allylic oxidation sites excluding steroid dienone is 1. The number of hydrazine groups is 1. The summed E-state index contributed by atoms with van der Waals surface area (Å²) >= 11 is 0. The molecule has 2 N–H and O–H groups in total. The van der Waals surface area contributed by atoms with E-state index in [4.69, 9.17) is 5.84 Å². The zero-order valence-electron chi connectivity index (χ0n) is 10.3. The molecule has 0 amide bonds. The smallest absolute Gasteiger partial charge is 0.106 e. The first-order valence-corrected chi connectivity index (χ1v) is 5.91. The van der Waals surface area contributed by atoms with Gasteiger partial charge in [0.15, 0.2) is 0 Å². The zero-order chi connectivity index (χ0) is 12.3. The molecule has 6 heteroatoms. The summed E-state index contributed by atoms with van der Waals surface area (Å²) in [4.78, 5) is 4.52. The van der Waals surface area contributed by atoms with Crippen LogP contribution in [-0.4, -0.2) is 44.0 Å². The number of nitrogens with zero attached hydrogens (tertiary/aromatic N) is 4. The fourth-order valence-electron chi connectivity index (χ4n) is 1.56. The van der Waals surface area contributed by atoms with Crippen molar-refractivity contribution in [1.82, 2.24) is 5.01 Å². The summed E-state index contributed by atoms with van der Waals surface area (Å²) in [6, 6.07) is 0.355. The Labute approximate surface area is 102 Å². The molecule has 1 aliphatic heterocycles. The van der Waals surface area contributed by atoms with Crippen LogP contribution < -0.4 is 5.84 Å². The minimum Gasteiger partial charge on any atom is -0.399 e. The van der Waals surface area contributed by atoms with Gasteiger partial charge in [0.25, 0.3) is 0 Å². The number of oxime groups is 1. The summed E-state index contributed by atoms with van der Waals surface area (Å²) in [6.45, 7) is 2.55. The maximum atomic E-state index is 5.66. The van der Waals surface area contributed by atoms with Crippen molar-refractivity contribution in [3.63, 3.8) is 0 Å².